The van der Waals surface area contributed by atoms with Gasteiger partial charge in [0.2, 0.25) is 5.91 Å². The number of carbonyl (C=O) groups is 1. The van der Waals surface area contributed by atoms with Crippen molar-refractivity contribution < 1.29 is 9.53 Å². The van der Waals surface area contributed by atoms with Crippen molar-refractivity contribution in [3.8, 4) is 5.75 Å². The van der Waals surface area contributed by atoms with Crippen LogP contribution in [0.15, 0.2) is 30.6 Å². The van der Waals surface area contributed by atoms with Crippen LogP contribution in [-0.4, -0.2) is 38.8 Å². The summed E-state index contributed by atoms with van der Waals surface area (Å²) in [6, 6.07) is 7.78. The standard InChI is InChI=1S/C14H19N5O2/c1-14(2,8-11-6-4-5-7-12(11)21-3)16-13(20)9-19-10-15-17-18-19/h4-7,10H,8-9H2,1-3H3,(H,16,20). The zero-order valence-electron chi connectivity index (χ0n) is 12.4. The fourth-order valence-corrected chi connectivity index (χ4v) is 2.19. The molecule has 0 fully saturated rings. The summed E-state index contributed by atoms with van der Waals surface area (Å²) in [6.07, 6.45) is 2.07. The Labute approximate surface area is 123 Å². The molecule has 0 atom stereocenters. The topological polar surface area (TPSA) is 81.9 Å². The summed E-state index contributed by atoms with van der Waals surface area (Å²) in [4.78, 5) is 12.0. The molecule has 0 spiro atoms. The number of methoxy groups -OCH3 is 1. The van der Waals surface area contributed by atoms with Crippen LogP contribution in [0.4, 0.5) is 0 Å². The Morgan fingerprint density at radius 1 is 1.38 bits per heavy atom. The number of hydrogen-bond donors (Lipinski definition) is 1. The number of amides is 1. The van der Waals surface area contributed by atoms with Crippen LogP contribution in [0, 0.1) is 0 Å². The van der Waals surface area contributed by atoms with Crippen molar-refractivity contribution in [3.05, 3.63) is 36.2 Å². The van der Waals surface area contributed by atoms with E-state index in [2.05, 4.69) is 20.8 Å². The molecule has 21 heavy (non-hydrogen) atoms. The van der Waals surface area contributed by atoms with Crippen LogP contribution in [0.25, 0.3) is 0 Å². The van der Waals surface area contributed by atoms with E-state index in [1.807, 2.05) is 38.1 Å². The molecule has 1 amide bonds. The predicted octanol–water partition coefficient (Wildman–Crippen LogP) is 0.819. The van der Waals surface area contributed by atoms with Crippen LogP contribution in [0.2, 0.25) is 0 Å². The second-order valence-corrected chi connectivity index (χ2v) is 5.43. The molecule has 1 N–H and O–H groups in total. The highest BCUT2D eigenvalue weighted by atomic mass is 16.5. The Morgan fingerprint density at radius 3 is 2.81 bits per heavy atom. The Kier molecular flexibility index (Phi) is 4.52. The number of benzene rings is 1. The van der Waals surface area contributed by atoms with Gasteiger partial charge in [-0.1, -0.05) is 18.2 Å². The van der Waals surface area contributed by atoms with Crippen LogP contribution >= 0.6 is 0 Å². The molecule has 0 unspecified atom stereocenters. The predicted molar refractivity (Wildman–Crippen MR) is 76.7 cm³/mol. The van der Waals surface area contributed by atoms with Gasteiger partial charge < -0.3 is 10.1 Å². The molecule has 0 aliphatic heterocycles. The summed E-state index contributed by atoms with van der Waals surface area (Å²) in [5.41, 5.74) is 0.646. The zero-order valence-corrected chi connectivity index (χ0v) is 12.4. The first-order valence-electron chi connectivity index (χ1n) is 6.64. The molecular weight excluding hydrogens is 270 g/mol. The summed E-state index contributed by atoms with van der Waals surface area (Å²) < 4.78 is 6.72. The number of rotatable bonds is 6. The maximum Gasteiger partial charge on any atom is 0.242 e. The van der Waals surface area contributed by atoms with Crippen molar-refractivity contribution in [2.24, 2.45) is 0 Å². The Bertz CT molecular complexity index is 595. The number of carbonyl (C=O) groups excluding carboxylic acids is 1. The van der Waals surface area contributed by atoms with E-state index >= 15 is 0 Å². The number of aromatic nitrogens is 4. The molecule has 0 aliphatic carbocycles. The zero-order chi connectivity index (χ0) is 15.3. The van der Waals surface area contributed by atoms with Crippen LogP contribution in [0.5, 0.6) is 5.75 Å². The minimum Gasteiger partial charge on any atom is -0.496 e. The number of hydrogen-bond acceptors (Lipinski definition) is 5. The lowest BCUT2D eigenvalue weighted by Gasteiger charge is -2.27. The lowest BCUT2D eigenvalue weighted by atomic mass is 9.94. The van der Waals surface area contributed by atoms with Gasteiger partial charge in [-0.3, -0.25) is 4.79 Å². The van der Waals surface area contributed by atoms with Gasteiger partial charge in [0.25, 0.3) is 0 Å². The van der Waals surface area contributed by atoms with Crippen molar-refractivity contribution in [2.75, 3.05) is 7.11 Å². The highest BCUT2D eigenvalue weighted by Gasteiger charge is 2.22. The second kappa shape index (κ2) is 6.34. The summed E-state index contributed by atoms with van der Waals surface area (Å²) >= 11 is 0. The van der Waals surface area contributed by atoms with Gasteiger partial charge in [0, 0.05) is 5.54 Å². The van der Waals surface area contributed by atoms with Gasteiger partial charge in [-0.2, -0.15) is 0 Å². The first kappa shape index (κ1) is 15.0. The summed E-state index contributed by atoms with van der Waals surface area (Å²) in [6.45, 7) is 4.04. The first-order valence-corrected chi connectivity index (χ1v) is 6.64. The molecule has 2 rings (SSSR count). The largest absolute Gasteiger partial charge is 0.496 e. The number of nitrogens with zero attached hydrogens (tertiary/aromatic N) is 4. The van der Waals surface area contributed by atoms with E-state index in [1.165, 1.54) is 11.0 Å². The molecule has 7 nitrogen and oxygen atoms in total. The van der Waals surface area contributed by atoms with E-state index in [9.17, 15) is 4.79 Å². The van der Waals surface area contributed by atoms with E-state index in [4.69, 9.17) is 4.74 Å². The molecule has 0 radical (unpaired) electrons. The number of tetrazole rings is 1. The second-order valence-electron chi connectivity index (χ2n) is 5.43. The third-order valence-corrected chi connectivity index (χ3v) is 3.00. The van der Waals surface area contributed by atoms with Gasteiger partial charge in [0.15, 0.2) is 0 Å². The van der Waals surface area contributed by atoms with Crippen LogP contribution in [0.1, 0.15) is 19.4 Å². The normalized spacial score (nSPS) is 11.2. The summed E-state index contributed by atoms with van der Waals surface area (Å²) in [5, 5.41) is 13.7. The average Bonchev–Trinajstić information content (AvgIpc) is 2.90. The average molecular weight is 289 g/mol. The van der Waals surface area contributed by atoms with Gasteiger partial charge in [-0.05, 0) is 42.3 Å². The number of ether oxygens (including phenoxy) is 1. The lowest BCUT2D eigenvalue weighted by Crippen LogP contribution is -2.46. The van der Waals surface area contributed by atoms with Gasteiger partial charge in [-0.15, -0.1) is 5.10 Å². The molecule has 0 saturated carbocycles. The smallest absolute Gasteiger partial charge is 0.242 e. The Hall–Kier alpha value is -2.44. The highest BCUT2D eigenvalue weighted by Crippen LogP contribution is 2.22. The van der Waals surface area contributed by atoms with Crippen LogP contribution in [0.3, 0.4) is 0 Å². The van der Waals surface area contributed by atoms with Crippen LogP contribution in [-0.2, 0) is 17.8 Å². The van der Waals surface area contributed by atoms with Crippen molar-refractivity contribution in [2.45, 2.75) is 32.4 Å². The molecule has 2 aromatic rings. The van der Waals surface area contributed by atoms with E-state index < -0.39 is 5.54 Å². The quantitative estimate of drug-likeness (QED) is 0.851. The van der Waals surface area contributed by atoms with Crippen LogP contribution < -0.4 is 10.1 Å². The third kappa shape index (κ3) is 4.27. The fourth-order valence-electron chi connectivity index (χ4n) is 2.19. The Balaban J connectivity index is 1.99. The van der Waals surface area contributed by atoms with E-state index in [0.29, 0.717) is 6.42 Å². The SMILES string of the molecule is COc1ccccc1CC(C)(C)NC(=O)Cn1cnnn1. The van der Waals surface area contributed by atoms with E-state index in [-0.39, 0.29) is 12.5 Å². The van der Waals surface area contributed by atoms with Gasteiger partial charge in [0.1, 0.15) is 18.6 Å². The molecule has 0 saturated heterocycles. The van der Waals surface area contributed by atoms with E-state index in [1.54, 1.807) is 7.11 Å². The molecule has 112 valence electrons. The fraction of sp³-hybridized carbons (Fsp3) is 0.429. The van der Waals surface area contributed by atoms with Gasteiger partial charge in [0.05, 0.1) is 7.11 Å². The lowest BCUT2D eigenvalue weighted by molar-refractivity contribution is -0.123. The monoisotopic (exact) mass is 289 g/mol. The minimum atomic E-state index is -0.403. The van der Waals surface area contributed by atoms with Gasteiger partial charge >= 0.3 is 0 Å². The highest BCUT2D eigenvalue weighted by molar-refractivity contribution is 5.76. The summed E-state index contributed by atoms with van der Waals surface area (Å²) in [7, 11) is 1.64. The van der Waals surface area contributed by atoms with Gasteiger partial charge in [-0.25, -0.2) is 4.68 Å². The van der Waals surface area contributed by atoms with Crippen molar-refractivity contribution in [3.63, 3.8) is 0 Å². The molecule has 1 aromatic carbocycles. The minimum absolute atomic E-state index is 0.0996. The van der Waals surface area contributed by atoms with Crippen molar-refractivity contribution >= 4 is 5.91 Å². The molecule has 0 bridgehead atoms. The molecule has 1 heterocycles. The maximum atomic E-state index is 12.0. The van der Waals surface area contributed by atoms with Crippen molar-refractivity contribution in [1.29, 1.82) is 0 Å². The summed E-state index contributed by atoms with van der Waals surface area (Å²) in [5.74, 6) is 0.683. The Morgan fingerprint density at radius 2 is 2.14 bits per heavy atom. The molecule has 7 heteroatoms. The first-order chi connectivity index (χ1) is 10.00. The number of para-hydroxylation sites is 1. The number of nitrogens with one attached hydrogen (secondary N) is 1. The molecule has 1 aromatic heterocycles. The molecule has 0 aliphatic rings. The van der Waals surface area contributed by atoms with Crippen molar-refractivity contribution in [1.82, 2.24) is 25.5 Å². The third-order valence-electron chi connectivity index (χ3n) is 3.00. The van der Waals surface area contributed by atoms with E-state index in [0.717, 1.165) is 11.3 Å². The maximum absolute atomic E-state index is 12.0. The molecular formula is C14H19N5O2.